The maximum atomic E-state index is 12.5. The van der Waals surface area contributed by atoms with E-state index in [0.29, 0.717) is 10.6 Å². The molecular formula is C16H12BrClN2O. The molecule has 0 amide bonds. The summed E-state index contributed by atoms with van der Waals surface area (Å²) in [5, 5.41) is 0.548. The van der Waals surface area contributed by atoms with E-state index in [2.05, 4.69) is 20.9 Å². The van der Waals surface area contributed by atoms with Crippen LogP contribution >= 0.6 is 27.5 Å². The standard InChI is InChI=1S/C16H12BrClN2O/c1-20-14-5-3-2-4-13(14)19-16(20)9-15(21)11-8-10(18)6-7-12(11)17/h2-8H,9H2,1H3. The Hall–Kier alpha value is -1.65. The molecule has 0 aliphatic carbocycles. The Balaban J connectivity index is 1.96. The fourth-order valence-corrected chi connectivity index (χ4v) is 2.94. The smallest absolute Gasteiger partial charge is 0.171 e. The Bertz CT molecular complexity index is 841. The summed E-state index contributed by atoms with van der Waals surface area (Å²) in [6.45, 7) is 0. The first-order valence-corrected chi connectivity index (χ1v) is 7.62. The van der Waals surface area contributed by atoms with E-state index in [1.54, 1.807) is 18.2 Å². The van der Waals surface area contributed by atoms with E-state index in [0.717, 1.165) is 21.3 Å². The molecule has 0 unspecified atom stereocenters. The molecule has 0 aliphatic heterocycles. The van der Waals surface area contributed by atoms with Crippen LogP contribution in [0.1, 0.15) is 16.2 Å². The second kappa shape index (κ2) is 5.62. The number of ketones is 1. The summed E-state index contributed by atoms with van der Waals surface area (Å²) >= 11 is 9.36. The monoisotopic (exact) mass is 362 g/mol. The molecule has 1 heterocycles. The quantitative estimate of drug-likeness (QED) is 0.646. The van der Waals surface area contributed by atoms with Gasteiger partial charge >= 0.3 is 0 Å². The van der Waals surface area contributed by atoms with Crippen molar-refractivity contribution >= 4 is 44.3 Å². The summed E-state index contributed by atoms with van der Waals surface area (Å²) in [6.07, 6.45) is 0.240. The maximum absolute atomic E-state index is 12.5. The third-order valence-corrected chi connectivity index (χ3v) is 4.35. The van der Waals surface area contributed by atoms with E-state index >= 15 is 0 Å². The summed E-state index contributed by atoms with van der Waals surface area (Å²) in [7, 11) is 1.92. The molecule has 0 fully saturated rings. The van der Waals surface area contributed by atoms with E-state index in [1.807, 2.05) is 35.9 Å². The van der Waals surface area contributed by atoms with Gasteiger partial charge in [-0.05, 0) is 30.3 Å². The lowest BCUT2D eigenvalue weighted by molar-refractivity contribution is 0.0989. The van der Waals surface area contributed by atoms with Crippen molar-refractivity contribution < 1.29 is 4.79 Å². The molecular weight excluding hydrogens is 352 g/mol. The van der Waals surface area contributed by atoms with Crippen molar-refractivity contribution in [3.05, 3.63) is 63.3 Å². The highest BCUT2D eigenvalue weighted by Gasteiger charge is 2.15. The molecule has 0 bridgehead atoms. The fraction of sp³-hybridized carbons (Fsp3) is 0.125. The zero-order valence-electron chi connectivity index (χ0n) is 11.3. The van der Waals surface area contributed by atoms with Gasteiger partial charge in [0.15, 0.2) is 5.78 Å². The lowest BCUT2D eigenvalue weighted by atomic mass is 10.1. The van der Waals surface area contributed by atoms with Crippen LogP contribution in [0.2, 0.25) is 5.02 Å². The maximum Gasteiger partial charge on any atom is 0.171 e. The second-order valence-corrected chi connectivity index (χ2v) is 6.09. The molecule has 3 nitrogen and oxygen atoms in total. The number of para-hydroxylation sites is 2. The largest absolute Gasteiger partial charge is 0.331 e. The number of nitrogens with zero attached hydrogens (tertiary/aromatic N) is 2. The van der Waals surface area contributed by atoms with Crippen molar-refractivity contribution in [2.75, 3.05) is 0 Å². The summed E-state index contributed by atoms with van der Waals surface area (Å²) < 4.78 is 2.70. The molecule has 2 aromatic carbocycles. The van der Waals surface area contributed by atoms with Crippen LogP contribution in [0.25, 0.3) is 11.0 Å². The van der Waals surface area contributed by atoms with Crippen molar-refractivity contribution in [3.63, 3.8) is 0 Å². The third kappa shape index (κ3) is 2.74. The summed E-state index contributed by atoms with van der Waals surface area (Å²) in [5.74, 6) is 0.732. The number of rotatable bonds is 3. The lowest BCUT2D eigenvalue weighted by Crippen LogP contribution is -2.09. The number of aryl methyl sites for hydroxylation is 1. The number of halogens is 2. The van der Waals surface area contributed by atoms with Crippen molar-refractivity contribution in [1.29, 1.82) is 0 Å². The number of hydrogen-bond donors (Lipinski definition) is 0. The predicted molar refractivity (Wildman–Crippen MR) is 87.9 cm³/mol. The van der Waals surface area contributed by atoms with Gasteiger partial charge in [0.05, 0.1) is 17.5 Å². The molecule has 0 N–H and O–H groups in total. The first-order valence-electron chi connectivity index (χ1n) is 6.45. The van der Waals surface area contributed by atoms with Gasteiger partial charge in [-0.3, -0.25) is 4.79 Å². The van der Waals surface area contributed by atoms with Crippen LogP contribution in [-0.4, -0.2) is 15.3 Å². The number of imidazole rings is 1. The molecule has 106 valence electrons. The molecule has 0 spiro atoms. The van der Waals surface area contributed by atoms with Gasteiger partial charge in [-0.15, -0.1) is 0 Å². The number of hydrogen-bond acceptors (Lipinski definition) is 2. The molecule has 0 atom stereocenters. The van der Waals surface area contributed by atoms with Gasteiger partial charge in [0, 0.05) is 22.1 Å². The SMILES string of the molecule is Cn1c(CC(=O)c2cc(Cl)ccc2Br)nc2ccccc21. The van der Waals surface area contributed by atoms with Crippen LogP contribution in [0.3, 0.4) is 0 Å². The molecule has 21 heavy (non-hydrogen) atoms. The van der Waals surface area contributed by atoms with E-state index in [-0.39, 0.29) is 12.2 Å². The second-order valence-electron chi connectivity index (χ2n) is 4.80. The van der Waals surface area contributed by atoms with Crippen LogP contribution in [0, 0.1) is 0 Å². The first-order chi connectivity index (χ1) is 10.1. The summed E-state index contributed by atoms with van der Waals surface area (Å²) in [6, 6.07) is 13.0. The van der Waals surface area contributed by atoms with Crippen LogP contribution < -0.4 is 0 Å². The van der Waals surface area contributed by atoms with E-state index in [9.17, 15) is 4.79 Å². The number of benzene rings is 2. The molecule has 3 aromatic rings. The molecule has 0 radical (unpaired) electrons. The first kappa shape index (κ1) is 14.3. The van der Waals surface area contributed by atoms with Crippen molar-refractivity contribution in [3.8, 4) is 0 Å². The molecule has 0 aliphatic rings. The molecule has 3 rings (SSSR count). The minimum atomic E-state index is -0.0113. The molecule has 1 aromatic heterocycles. The van der Waals surface area contributed by atoms with Crippen molar-refractivity contribution in [2.45, 2.75) is 6.42 Å². The average molecular weight is 364 g/mol. The van der Waals surface area contributed by atoms with Gasteiger partial charge in [0.25, 0.3) is 0 Å². The van der Waals surface area contributed by atoms with Crippen molar-refractivity contribution in [1.82, 2.24) is 9.55 Å². The minimum Gasteiger partial charge on any atom is -0.331 e. The Morgan fingerprint density at radius 2 is 2.05 bits per heavy atom. The number of carbonyl (C=O) groups is 1. The van der Waals surface area contributed by atoms with Gasteiger partial charge in [0.1, 0.15) is 5.82 Å². The average Bonchev–Trinajstić information content (AvgIpc) is 2.78. The Morgan fingerprint density at radius 3 is 2.81 bits per heavy atom. The van der Waals surface area contributed by atoms with Gasteiger partial charge < -0.3 is 4.57 Å². The van der Waals surface area contributed by atoms with Crippen LogP contribution in [0.15, 0.2) is 46.9 Å². The van der Waals surface area contributed by atoms with Crippen LogP contribution in [-0.2, 0) is 13.5 Å². The predicted octanol–water partition coefficient (Wildman–Crippen LogP) is 4.41. The zero-order chi connectivity index (χ0) is 15.0. The number of aromatic nitrogens is 2. The van der Waals surface area contributed by atoms with Gasteiger partial charge in [-0.1, -0.05) is 39.7 Å². The fourth-order valence-electron chi connectivity index (χ4n) is 2.30. The summed E-state index contributed by atoms with van der Waals surface area (Å²) in [4.78, 5) is 17.0. The van der Waals surface area contributed by atoms with Crippen LogP contribution in [0.4, 0.5) is 0 Å². The molecule has 5 heteroatoms. The Kier molecular flexibility index (Phi) is 3.83. The normalized spacial score (nSPS) is 11.0. The van der Waals surface area contributed by atoms with Crippen molar-refractivity contribution in [2.24, 2.45) is 7.05 Å². The van der Waals surface area contributed by atoms with E-state index in [1.165, 1.54) is 0 Å². The topological polar surface area (TPSA) is 34.9 Å². The number of carbonyl (C=O) groups excluding carboxylic acids is 1. The zero-order valence-corrected chi connectivity index (χ0v) is 13.6. The van der Waals surface area contributed by atoms with E-state index < -0.39 is 0 Å². The van der Waals surface area contributed by atoms with E-state index in [4.69, 9.17) is 11.6 Å². The van der Waals surface area contributed by atoms with Gasteiger partial charge in [-0.25, -0.2) is 4.98 Å². The lowest BCUT2D eigenvalue weighted by Gasteiger charge is -2.05. The highest BCUT2D eigenvalue weighted by molar-refractivity contribution is 9.10. The minimum absolute atomic E-state index is 0.0113. The van der Waals surface area contributed by atoms with Gasteiger partial charge in [0.2, 0.25) is 0 Å². The van der Waals surface area contributed by atoms with Gasteiger partial charge in [-0.2, -0.15) is 0 Å². The molecule has 0 saturated carbocycles. The molecule has 0 saturated heterocycles. The van der Waals surface area contributed by atoms with Crippen LogP contribution in [0.5, 0.6) is 0 Å². The third-order valence-electron chi connectivity index (χ3n) is 3.43. The number of Topliss-reactive ketones (excluding diaryl/α,β-unsaturated/α-hetero) is 1. The summed E-state index contributed by atoms with van der Waals surface area (Å²) in [5.41, 5.74) is 2.49. The Morgan fingerprint density at radius 1 is 1.29 bits per heavy atom. The highest BCUT2D eigenvalue weighted by atomic mass is 79.9. The number of fused-ring (bicyclic) bond motifs is 1. The Labute approximate surface area is 135 Å². The highest BCUT2D eigenvalue weighted by Crippen LogP contribution is 2.23.